The molecule has 6 heteroatoms. The van der Waals surface area contributed by atoms with Gasteiger partial charge in [0.05, 0.1) is 16.2 Å². The van der Waals surface area contributed by atoms with E-state index < -0.39 is 0 Å². The van der Waals surface area contributed by atoms with Crippen LogP contribution in [0.4, 0.5) is 0 Å². The molecular formula is C20H24N4OS. The van der Waals surface area contributed by atoms with Crippen LogP contribution in [-0.2, 0) is 5.41 Å². The summed E-state index contributed by atoms with van der Waals surface area (Å²) < 4.78 is 0. The van der Waals surface area contributed by atoms with Crippen molar-refractivity contribution in [3.8, 4) is 0 Å². The lowest BCUT2D eigenvalue weighted by Crippen LogP contribution is -2.38. The standard InChI is InChI=1S/C20H24N4OS/c1-20(2,3)16-12-26-18(21-16)13-8-10-24(11-9-13)19(25)17-14-6-4-5-7-15(14)22-23-17/h4-7,12-13H,8-11H2,1-3H3,(H,22,23). The quantitative estimate of drug-likeness (QED) is 0.732. The first kappa shape index (κ1) is 17.2. The summed E-state index contributed by atoms with van der Waals surface area (Å²) in [6, 6.07) is 7.78. The molecular weight excluding hydrogens is 344 g/mol. The lowest BCUT2D eigenvalue weighted by Gasteiger charge is -2.30. The molecule has 0 atom stereocenters. The maximum atomic E-state index is 12.9. The van der Waals surface area contributed by atoms with Crippen molar-refractivity contribution in [3.05, 3.63) is 46.0 Å². The van der Waals surface area contributed by atoms with Crippen LogP contribution in [0.25, 0.3) is 10.9 Å². The molecule has 5 nitrogen and oxygen atoms in total. The van der Waals surface area contributed by atoms with Crippen molar-refractivity contribution in [1.29, 1.82) is 0 Å². The van der Waals surface area contributed by atoms with Crippen LogP contribution in [0, 0.1) is 0 Å². The molecule has 1 aliphatic heterocycles. The number of aromatic nitrogens is 3. The van der Waals surface area contributed by atoms with E-state index in [0.717, 1.165) is 36.8 Å². The van der Waals surface area contributed by atoms with E-state index in [1.54, 1.807) is 11.3 Å². The minimum atomic E-state index is 0.0235. The lowest BCUT2D eigenvalue weighted by molar-refractivity contribution is 0.0709. The molecule has 136 valence electrons. The Labute approximate surface area is 157 Å². The second kappa shape index (κ2) is 6.50. The van der Waals surface area contributed by atoms with E-state index in [1.165, 1.54) is 10.7 Å². The zero-order chi connectivity index (χ0) is 18.3. The average Bonchev–Trinajstić information content (AvgIpc) is 3.28. The maximum absolute atomic E-state index is 12.9. The van der Waals surface area contributed by atoms with Crippen molar-refractivity contribution < 1.29 is 4.79 Å². The largest absolute Gasteiger partial charge is 0.337 e. The highest BCUT2D eigenvalue weighted by molar-refractivity contribution is 7.09. The fraction of sp³-hybridized carbons (Fsp3) is 0.450. The first-order valence-corrected chi connectivity index (χ1v) is 10.00. The van der Waals surface area contributed by atoms with Gasteiger partial charge in [-0.1, -0.05) is 39.0 Å². The Kier molecular flexibility index (Phi) is 4.31. The number of hydrogen-bond acceptors (Lipinski definition) is 4. The van der Waals surface area contributed by atoms with Gasteiger partial charge < -0.3 is 4.90 Å². The number of piperidine rings is 1. The molecule has 1 N–H and O–H groups in total. The molecule has 0 saturated carbocycles. The summed E-state index contributed by atoms with van der Waals surface area (Å²) in [6.07, 6.45) is 1.93. The van der Waals surface area contributed by atoms with Crippen molar-refractivity contribution in [2.45, 2.75) is 44.9 Å². The van der Waals surface area contributed by atoms with Gasteiger partial charge in [0.1, 0.15) is 0 Å². The average molecular weight is 369 g/mol. The number of hydrogen-bond donors (Lipinski definition) is 1. The molecule has 1 aliphatic rings. The number of nitrogens with one attached hydrogen (secondary N) is 1. The van der Waals surface area contributed by atoms with Gasteiger partial charge in [-0.05, 0) is 18.9 Å². The highest BCUT2D eigenvalue weighted by Crippen LogP contribution is 2.33. The molecule has 0 unspecified atom stereocenters. The Bertz CT molecular complexity index is 929. The number of fused-ring (bicyclic) bond motifs is 1. The van der Waals surface area contributed by atoms with Crippen LogP contribution in [-0.4, -0.2) is 39.1 Å². The Morgan fingerprint density at radius 1 is 1.23 bits per heavy atom. The third kappa shape index (κ3) is 3.14. The van der Waals surface area contributed by atoms with Crippen LogP contribution in [0.2, 0.25) is 0 Å². The number of carbonyl (C=O) groups excluding carboxylic acids is 1. The zero-order valence-corrected chi connectivity index (χ0v) is 16.3. The smallest absolute Gasteiger partial charge is 0.274 e. The molecule has 3 aromatic rings. The number of para-hydroxylation sites is 1. The summed E-state index contributed by atoms with van der Waals surface area (Å²) in [5, 5.41) is 11.5. The van der Waals surface area contributed by atoms with E-state index in [2.05, 4.69) is 36.3 Å². The minimum Gasteiger partial charge on any atom is -0.337 e. The number of aromatic amines is 1. The zero-order valence-electron chi connectivity index (χ0n) is 15.5. The number of thiazole rings is 1. The van der Waals surface area contributed by atoms with E-state index in [4.69, 9.17) is 4.98 Å². The van der Waals surface area contributed by atoms with Crippen LogP contribution in [0.5, 0.6) is 0 Å². The van der Waals surface area contributed by atoms with Crippen molar-refractivity contribution in [3.63, 3.8) is 0 Å². The van der Waals surface area contributed by atoms with Crippen molar-refractivity contribution in [2.24, 2.45) is 0 Å². The predicted octanol–water partition coefficient (Wildman–Crippen LogP) is 4.34. The molecule has 0 spiro atoms. The third-order valence-corrected chi connectivity index (χ3v) is 6.10. The predicted molar refractivity (Wildman–Crippen MR) is 105 cm³/mol. The number of likely N-dealkylation sites (tertiary alicyclic amines) is 1. The van der Waals surface area contributed by atoms with E-state index in [9.17, 15) is 4.79 Å². The summed E-state index contributed by atoms with van der Waals surface area (Å²) in [5.41, 5.74) is 2.69. The van der Waals surface area contributed by atoms with Crippen molar-refractivity contribution in [1.82, 2.24) is 20.1 Å². The van der Waals surface area contributed by atoms with Gasteiger partial charge in [0.2, 0.25) is 0 Å². The molecule has 4 rings (SSSR count). The Hall–Kier alpha value is -2.21. The van der Waals surface area contributed by atoms with Gasteiger partial charge >= 0.3 is 0 Å². The van der Waals surface area contributed by atoms with E-state index in [1.807, 2.05) is 29.2 Å². The Morgan fingerprint density at radius 2 is 1.96 bits per heavy atom. The molecule has 0 bridgehead atoms. The topological polar surface area (TPSA) is 61.9 Å². The molecule has 2 aromatic heterocycles. The van der Waals surface area contributed by atoms with Crippen LogP contribution >= 0.6 is 11.3 Å². The first-order valence-electron chi connectivity index (χ1n) is 9.12. The molecule has 1 aromatic carbocycles. The molecule has 1 fully saturated rings. The summed E-state index contributed by atoms with van der Waals surface area (Å²) in [4.78, 5) is 19.7. The van der Waals surface area contributed by atoms with Gasteiger partial charge in [-0.25, -0.2) is 4.98 Å². The molecule has 0 aliphatic carbocycles. The summed E-state index contributed by atoms with van der Waals surface area (Å²) >= 11 is 1.76. The van der Waals surface area contributed by atoms with Gasteiger partial charge in [0, 0.05) is 35.2 Å². The minimum absolute atomic E-state index is 0.0235. The maximum Gasteiger partial charge on any atom is 0.274 e. The second-order valence-corrected chi connectivity index (χ2v) is 8.89. The number of rotatable bonds is 2. The fourth-order valence-corrected chi connectivity index (χ4v) is 4.64. The van der Waals surface area contributed by atoms with E-state index in [-0.39, 0.29) is 11.3 Å². The number of nitrogens with zero attached hydrogens (tertiary/aromatic N) is 3. The highest BCUT2D eigenvalue weighted by atomic mass is 32.1. The molecule has 1 amide bonds. The van der Waals surface area contributed by atoms with E-state index in [0.29, 0.717) is 11.6 Å². The van der Waals surface area contributed by atoms with E-state index >= 15 is 0 Å². The van der Waals surface area contributed by atoms with Crippen LogP contribution in [0.15, 0.2) is 29.6 Å². The summed E-state index contributed by atoms with van der Waals surface area (Å²) in [6.45, 7) is 8.11. The molecule has 1 saturated heterocycles. The first-order chi connectivity index (χ1) is 12.4. The van der Waals surface area contributed by atoms with Crippen LogP contribution in [0.1, 0.15) is 60.7 Å². The molecule has 3 heterocycles. The van der Waals surface area contributed by atoms with Gasteiger partial charge in [0.25, 0.3) is 5.91 Å². The fourth-order valence-electron chi connectivity index (χ4n) is 3.43. The van der Waals surface area contributed by atoms with Gasteiger partial charge in [-0.2, -0.15) is 5.10 Å². The monoisotopic (exact) mass is 368 g/mol. The number of carbonyl (C=O) groups is 1. The number of benzene rings is 1. The van der Waals surface area contributed by atoms with Gasteiger partial charge in [-0.3, -0.25) is 9.89 Å². The second-order valence-electron chi connectivity index (χ2n) is 8.01. The third-order valence-electron chi connectivity index (χ3n) is 5.09. The SMILES string of the molecule is CC(C)(C)c1csc(C2CCN(C(=O)c3n[nH]c4ccccc34)CC2)n1. The van der Waals surface area contributed by atoms with Crippen LogP contribution in [0.3, 0.4) is 0 Å². The number of H-pyrrole nitrogens is 1. The molecule has 0 radical (unpaired) electrons. The Morgan fingerprint density at radius 3 is 2.65 bits per heavy atom. The number of amides is 1. The molecule has 26 heavy (non-hydrogen) atoms. The van der Waals surface area contributed by atoms with Crippen LogP contribution < -0.4 is 0 Å². The lowest BCUT2D eigenvalue weighted by atomic mass is 9.93. The summed E-state index contributed by atoms with van der Waals surface area (Å²) in [7, 11) is 0. The van der Waals surface area contributed by atoms with Crippen molar-refractivity contribution in [2.75, 3.05) is 13.1 Å². The van der Waals surface area contributed by atoms with Gasteiger partial charge in [-0.15, -0.1) is 11.3 Å². The highest BCUT2D eigenvalue weighted by Gasteiger charge is 2.29. The normalized spacial score (nSPS) is 16.3. The van der Waals surface area contributed by atoms with Crippen molar-refractivity contribution >= 4 is 28.1 Å². The van der Waals surface area contributed by atoms with Gasteiger partial charge in [0.15, 0.2) is 5.69 Å². The summed E-state index contributed by atoms with van der Waals surface area (Å²) in [5.74, 6) is 0.478. The Balaban J connectivity index is 1.45.